The van der Waals surface area contributed by atoms with E-state index in [0.29, 0.717) is 0 Å². The van der Waals surface area contributed by atoms with Crippen LogP contribution in [-0.4, -0.2) is 11.3 Å². The molecular weight excluding hydrogens is 842 g/mol. The minimum Gasteiger partial charge on any atom is -0.311 e. The van der Waals surface area contributed by atoms with E-state index in [2.05, 4.69) is 232 Å². The van der Waals surface area contributed by atoms with Crippen LogP contribution in [0.25, 0.3) is 36.9 Å². The summed E-state index contributed by atoms with van der Waals surface area (Å²) in [7, 11) is 0. The Balaban J connectivity index is 1.25. The van der Waals surface area contributed by atoms with Gasteiger partial charge in [0.15, 0.2) is 0 Å². The van der Waals surface area contributed by atoms with Crippen molar-refractivity contribution in [2.24, 2.45) is 0 Å². The first-order valence-electron chi connectivity index (χ1n) is 24.9. The van der Waals surface area contributed by atoms with Crippen LogP contribution in [0.5, 0.6) is 0 Å². The maximum atomic E-state index is 2.71. The van der Waals surface area contributed by atoms with Crippen molar-refractivity contribution in [2.45, 2.75) is 125 Å². The molecule has 0 unspecified atom stereocenters. The Labute approximate surface area is 408 Å². The second kappa shape index (κ2) is 14.5. The standard InChI is InChI=1S/C63H64BN3S/c1-37-20-14-17-23-49(37)65(50-24-18-15-21-38(50)2)42-26-27-47-52(35-42)66(51-36-46-45(30-39(51)3)62(10,11)28-29-63(46,12)13)53-33-41(61(7,8)9)34-54-57(53)64(47)48-32-40(60(4,5)6)31-44-56-43-22-16-19-25-55(43)68-59(56)67(54)58(44)48/h14-27,30-36H,28-29H2,1-13H3. The Bertz CT molecular complexity index is 3560. The van der Waals surface area contributed by atoms with Gasteiger partial charge < -0.3 is 14.4 Å². The maximum Gasteiger partial charge on any atom is 0.252 e. The number of para-hydroxylation sites is 2. The average Bonchev–Trinajstić information content (AvgIpc) is 3.82. The Morgan fingerprint density at radius 3 is 1.78 bits per heavy atom. The number of nitrogens with zero attached hydrogens (tertiary/aromatic N) is 3. The van der Waals surface area contributed by atoms with Gasteiger partial charge in [0.2, 0.25) is 0 Å². The van der Waals surface area contributed by atoms with Crippen molar-refractivity contribution in [3.05, 3.63) is 166 Å². The van der Waals surface area contributed by atoms with E-state index >= 15 is 0 Å². The molecule has 3 aliphatic rings. The van der Waals surface area contributed by atoms with Crippen molar-refractivity contribution in [2.75, 3.05) is 9.80 Å². The van der Waals surface area contributed by atoms with Crippen molar-refractivity contribution in [1.82, 2.24) is 4.57 Å². The molecule has 3 nitrogen and oxygen atoms in total. The van der Waals surface area contributed by atoms with Crippen LogP contribution in [-0.2, 0) is 21.7 Å². The predicted octanol–water partition coefficient (Wildman–Crippen LogP) is 16.0. The summed E-state index contributed by atoms with van der Waals surface area (Å²) in [6.07, 6.45) is 2.35. The summed E-state index contributed by atoms with van der Waals surface area (Å²) >= 11 is 1.95. The maximum absolute atomic E-state index is 2.71. The number of aryl methyl sites for hydroxylation is 3. The van der Waals surface area contributed by atoms with E-state index in [9.17, 15) is 0 Å². The van der Waals surface area contributed by atoms with E-state index in [1.165, 1.54) is 127 Å². The zero-order valence-corrected chi connectivity index (χ0v) is 43.2. The summed E-state index contributed by atoms with van der Waals surface area (Å²) in [5.41, 5.74) is 23.7. The summed E-state index contributed by atoms with van der Waals surface area (Å²) < 4.78 is 4.04. The van der Waals surface area contributed by atoms with Gasteiger partial charge >= 0.3 is 0 Å². The molecule has 5 heteroatoms. The highest BCUT2D eigenvalue weighted by molar-refractivity contribution is 7.26. The minimum atomic E-state index is -0.111. The number of hydrogen-bond donors (Lipinski definition) is 0. The molecule has 7 aromatic carbocycles. The van der Waals surface area contributed by atoms with Crippen LogP contribution in [0.1, 0.15) is 121 Å². The largest absolute Gasteiger partial charge is 0.311 e. The van der Waals surface area contributed by atoms with Gasteiger partial charge in [-0.2, -0.15) is 0 Å². The number of fused-ring (bicyclic) bond motifs is 10. The lowest BCUT2D eigenvalue weighted by atomic mass is 9.33. The van der Waals surface area contributed by atoms with Crippen LogP contribution in [0.3, 0.4) is 0 Å². The number of anilines is 6. The number of benzene rings is 7. The Morgan fingerprint density at radius 1 is 0.544 bits per heavy atom. The monoisotopic (exact) mass is 905 g/mol. The molecule has 4 heterocycles. The number of aromatic nitrogens is 1. The lowest BCUT2D eigenvalue weighted by Gasteiger charge is -2.45. The van der Waals surface area contributed by atoms with Gasteiger partial charge in [-0.25, -0.2) is 0 Å². The van der Waals surface area contributed by atoms with Crippen molar-refractivity contribution < 1.29 is 0 Å². The van der Waals surface area contributed by atoms with E-state index in [1.54, 1.807) is 0 Å². The SMILES string of the molecule is Cc1ccccc1N(c1ccc2c(c1)N(c1cc3c(cc1C)C(C)(C)CCC3(C)C)c1cc(C(C)(C)C)cc3c1B2c1cc(C(C)(C)C)cc2c4c5ccccc5sc4n-3c12)c1ccccc1C. The Morgan fingerprint density at radius 2 is 1.13 bits per heavy atom. The first-order chi connectivity index (χ1) is 32.2. The van der Waals surface area contributed by atoms with Crippen LogP contribution < -0.4 is 26.2 Å². The van der Waals surface area contributed by atoms with Crippen LogP contribution in [0.2, 0.25) is 0 Å². The summed E-state index contributed by atoms with van der Waals surface area (Å²) in [6.45, 7) is 31.1. The number of thiophene rings is 1. The summed E-state index contributed by atoms with van der Waals surface area (Å²) in [5.74, 6) is 0. The van der Waals surface area contributed by atoms with Crippen molar-refractivity contribution in [3.8, 4) is 5.69 Å². The van der Waals surface area contributed by atoms with E-state index in [4.69, 9.17) is 0 Å². The predicted molar refractivity (Wildman–Crippen MR) is 297 cm³/mol. The quantitative estimate of drug-likeness (QED) is 0.163. The van der Waals surface area contributed by atoms with E-state index in [-0.39, 0.29) is 28.4 Å². The number of hydrogen-bond acceptors (Lipinski definition) is 3. The average molecular weight is 906 g/mol. The van der Waals surface area contributed by atoms with E-state index in [1.807, 2.05) is 11.3 Å². The summed E-state index contributed by atoms with van der Waals surface area (Å²) in [4.78, 5) is 6.56. The molecule has 0 saturated heterocycles. The van der Waals surface area contributed by atoms with Crippen LogP contribution >= 0.6 is 11.3 Å². The second-order valence-electron chi connectivity index (χ2n) is 23.9. The van der Waals surface area contributed by atoms with Crippen molar-refractivity contribution in [3.63, 3.8) is 0 Å². The smallest absolute Gasteiger partial charge is 0.252 e. The molecule has 0 spiro atoms. The molecule has 0 atom stereocenters. The third kappa shape index (κ3) is 6.23. The highest BCUT2D eigenvalue weighted by Crippen LogP contribution is 2.52. The van der Waals surface area contributed by atoms with Gasteiger partial charge in [-0.15, -0.1) is 11.3 Å². The van der Waals surface area contributed by atoms with Gasteiger partial charge in [-0.3, -0.25) is 0 Å². The minimum absolute atomic E-state index is 0.0144. The molecule has 68 heavy (non-hydrogen) atoms. The topological polar surface area (TPSA) is 11.4 Å². The van der Waals surface area contributed by atoms with Crippen LogP contribution in [0, 0.1) is 20.8 Å². The molecule has 0 bridgehead atoms. The third-order valence-corrected chi connectivity index (χ3v) is 17.5. The molecular formula is C63H64BN3S. The van der Waals surface area contributed by atoms with E-state index < -0.39 is 0 Å². The molecule has 340 valence electrons. The molecule has 9 aromatic rings. The molecule has 1 aliphatic carbocycles. The molecule has 0 amide bonds. The first kappa shape index (κ1) is 43.3. The van der Waals surface area contributed by atoms with Gasteiger partial charge in [0.25, 0.3) is 6.71 Å². The fraction of sp³-hybridized carbons (Fsp3) is 0.302. The lowest BCUT2D eigenvalue weighted by molar-refractivity contribution is 0.332. The molecule has 2 aliphatic heterocycles. The fourth-order valence-electron chi connectivity index (χ4n) is 12.2. The number of rotatable bonds is 4. The molecule has 0 fully saturated rings. The lowest BCUT2D eigenvalue weighted by Crippen LogP contribution is -2.60. The summed E-state index contributed by atoms with van der Waals surface area (Å²) in [5, 5.41) is 4.11. The van der Waals surface area contributed by atoms with Gasteiger partial charge in [0.05, 0.1) is 5.52 Å². The molecule has 2 aromatic heterocycles. The summed E-state index contributed by atoms with van der Waals surface area (Å²) in [6, 6.07) is 49.7. The first-order valence-corrected chi connectivity index (χ1v) is 25.7. The van der Waals surface area contributed by atoms with Crippen LogP contribution in [0.15, 0.2) is 127 Å². The van der Waals surface area contributed by atoms with Gasteiger partial charge in [0, 0.05) is 60.7 Å². The molecule has 0 saturated carbocycles. The zero-order chi connectivity index (χ0) is 47.6. The highest BCUT2D eigenvalue weighted by Gasteiger charge is 2.45. The highest BCUT2D eigenvalue weighted by atomic mass is 32.1. The molecule has 0 radical (unpaired) electrons. The van der Waals surface area contributed by atoms with Crippen molar-refractivity contribution >= 4 is 99.8 Å². The molecule has 0 N–H and O–H groups in total. The van der Waals surface area contributed by atoms with Gasteiger partial charge in [0.1, 0.15) is 4.83 Å². The van der Waals surface area contributed by atoms with Crippen LogP contribution in [0.4, 0.5) is 34.1 Å². The normalized spacial score (nSPS) is 15.8. The zero-order valence-electron chi connectivity index (χ0n) is 42.4. The Hall–Kier alpha value is -6.04. The van der Waals surface area contributed by atoms with Gasteiger partial charge in [-0.05, 0) is 165 Å². The second-order valence-corrected chi connectivity index (χ2v) is 24.9. The Kier molecular flexibility index (Phi) is 9.22. The molecule has 12 rings (SSSR count). The third-order valence-electron chi connectivity index (χ3n) is 16.3. The fourth-order valence-corrected chi connectivity index (χ4v) is 13.5. The van der Waals surface area contributed by atoms with Gasteiger partial charge in [-0.1, -0.05) is 142 Å². The van der Waals surface area contributed by atoms with Crippen molar-refractivity contribution in [1.29, 1.82) is 0 Å². The van der Waals surface area contributed by atoms with E-state index in [0.717, 1.165) is 12.1 Å².